The lowest BCUT2D eigenvalue weighted by Crippen LogP contribution is -2.00. The maximum absolute atomic E-state index is 10.9. The van der Waals surface area contributed by atoms with Gasteiger partial charge in [0, 0.05) is 17.1 Å². The first-order chi connectivity index (χ1) is 8.74. The molecule has 0 bridgehead atoms. The molecule has 0 aliphatic heterocycles. The van der Waals surface area contributed by atoms with Gasteiger partial charge in [-0.2, -0.15) is 0 Å². The van der Waals surface area contributed by atoms with E-state index in [1.165, 1.54) is 5.69 Å². The van der Waals surface area contributed by atoms with Crippen LogP contribution in [0.2, 0.25) is 0 Å². The summed E-state index contributed by atoms with van der Waals surface area (Å²) in [5, 5.41) is 10.1. The van der Waals surface area contributed by atoms with Crippen molar-refractivity contribution in [2.24, 2.45) is 0 Å². The van der Waals surface area contributed by atoms with E-state index < -0.39 is 5.97 Å². The molecule has 1 aromatic carbocycles. The van der Waals surface area contributed by atoms with Crippen molar-refractivity contribution in [3.8, 4) is 0 Å². The van der Waals surface area contributed by atoms with Crippen LogP contribution in [0.3, 0.4) is 0 Å². The van der Waals surface area contributed by atoms with Crippen molar-refractivity contribution in [2.45, 2.75) is 25.2 Å². The van der Waals surface area contributed by atoms with Crippen molar-refractivity contribution in [3.63, 3.8) is 0 Å². The van der Waals surface area contributed by atoms with Crippen molar-refractivity contribution in [1.29, 1.82) is 0 Å². The minimum atomic E-state index is -0.881. The van der Waals surface area contributed by atoms with E-state index in [0.29, 0.717) is 11.5 Å². The molecule has 1 heterocycles. The number of benzene rings is 1. The number of hydrogen-bond acceptors (Lipinski definition) is 1. The zero-order valence-electron chi connectivity index (χ0n) is 10.0. The van der Waals surface area contributed by atoms with Gasteiger partial charge in [0.15, 0.2) is 0 Å². The number of fused-ring (bicyclic) bond motifs is 1. The van der Waals surface area contributed by atoms with Crippen molar-refractivity contribution < 1.29 is 9.90 Å². The van der Waals surface area contributed by atoms with Crippen molar-refractivity contribution in [1.82, 2.24) is 4.98 Å². The van der Waals surface area contributed by atoms with Crippen LogP contribution in [0.15, 0.2) is 36.4 Å². The molecule has 92 valence electrons. The van der Waals surface area contributed by atoms with E-state index in [9.17, 15) is 4.79 Å². The molecule has 1 aliphatic carbocycles. The van der Waals surface area contributed by atoms with E-state index in [0.717, 1.165) is 30.2 Å². The Labute approximate surface area is 105 Å². The Bertz CT molecular complexity index is 624. The molecule has 0 amide bonds. The minimum absolute atomic E-state index is 0.333. The fourth-order valence-corrected chi connectivity index (χ4v) is 2.58. The molecule has 1 atom stereocenters. The smallest absolute Gasteiger partial charge is 0.335 e. The number of rotatable bonds is 2. The summed E-state index contributed by atoms with van der Waals surface area (Å²) in [6, 6.07) is 7.38. The van der Waals surface area contributed by atoms with Crippen LogP contribution in [0.25, 0.3) is 10.9 Å². The van der Waals surface area contributed by atoms with Gasteiger partial charge in [0.2, 0.25) is 0 Å². The molecule has 3 nitrogen and oxygen atoms in total. The van der Waals surface area contributed by atoms with Crippen LogP contribution in [0, 0.1) is 0 Å². The van der Waals surface area contributed by atoms with Crippen LogP contribution in [0.4, 0.5) is 0 Å². The first-order valence-electron chi connectivity index (χ1n) is 6.25. The van der Waals surface area contributed by atoms with Crippen LogP contribution in [-0.2, 0) is 0 Å². The third kappa shape index (κ3) is 1.92. The summed E-state index contributed by atoms with van der Waals surface area (Å²) in [4.78, 5) is 14.3. The maximum Gasteiger partial charge on any atom is 0.335 e. The molecule has 18 heavy (non-hydrogen) atoms. The number of carboxylic acids is 1. The summed E-state index contributed by atoms with van der Waals surface area (Å²) in [6.07, 6.45) is 7.80. The van der Waals surface area contributed by atoms with E-state index in [4.69, 9.17) is 5.11 Å². The largest absolute Gasteiger partial charge is 0.478 e. The van der Waals surface area contributed by atoms with E-state index in [2.05, 4.69) is 23.2 Å². The van der Waals surface area contributed by atoms with Crippen molar-refractivity contribution >= 4 is 16.9 Å². The number of allylic oxidation sites excluding steroid dienone is 2. The van der Waals surface area contributed by atoms with Crippen molar-refractivity contribution in [2.75, 3.05) is 0 Å². The Morgan fingerprint density at radius 3 is 2.89 bits per heavy atom. The van der Waals surface area contributed by atoms with E-state index in [-0.39, 0.29) is 0 Å². The summed E-state index contributed by atoms with van der Waals surface area (Å²) in [6.45, 7) is 0. The third-order valence-electron chi connectivity index (χ3n) is 3.60. The van der Waals surface area contributed by atoms with E-state index >= 15 is 0 Å². The van der Waals surface area contributed by atoms with Crippen LogP contribution in [0.1, 0.15) is 41.2 Å². The van der Waals surface area contributed by atoms with Gasteiger partial charge in [-0.05, 0) is 42.8 Å². The fourth-order valence-electron chi connectivity index (χ4n) is 2.58. The Morgan fingerprint density at radius 2 is 2.17 bits per heavy atom. The van der Waals surface area contributed by atoms with Gasteiger partial charge in [-0.25, -0.2) is 4.79 Å². The number of nitrogens with one attached hydrogen (secondary N) is 1. The Kier molecular flexibility index (Phi) is 2.67. The molecule has 0 spiro atoms. The molecule has 0 radical (unpaired) electrons. The zero-order valence-corrected chi connectivity index (χ0v) is 10.0. The summed E-state index contributed by atoms with van der Waals surface area (Å²) in [7, 11) is 0. The quantitative estimate of drug-likeness (QED) is 0.788. The number of hydrogen-bond donors (Lipinski definition) is 2. The Morgan fingerprint density at radius 1 is 1.28 bits per heavy atom. The van der Waals surface area contributed by atoms with Crippen LogP contribution < -0.4 is 0 Å². The van der Waals surface area contributed by atoms with Gasteiger partial charge in [0.05, 0.1) is 5.56 Å². The highest BCUT2D eigenvalue weighted by Gasteiger charge is 2.15. The predicted octanol–water partition coefficient (Wildman–Crippen LogP) is 3.69. The molecule has 2 aromatic rings. The summed E-state index contributed by atoms with van der Waals surface area (Å²) >= 11 is 0. The van der Waals surface area contributed by atoms with Crippen LogP contribution >= 0.6 is 0 Å². The summed E-state index contributed by atoms with van der Waals surface area (Å²) in [5.74, 6) is -0.343. The first-order valence-corrected chi connectivity index (χ1v) is 6.25. The lowest BCUT2D eigenvalue weighted by molar-refractivity contribution is 0.0697. The number of carboxylic acid groups (broad SMARTS) is 1. The zero-order chi connectivity index (χ0) is 12.5. The van der Waals surface area contributed by atoms with Gasteiger partial charge in [-0.15, -0.1) is 0 Å². The molecule has 0 fully saturated rings. The molecule has 2 N–H and O–H groups in total. The lowest BCUT2D eigenvalue weighted by Gasteiger charge is -2.15. The molecule has 0 saturated heterocycles. The first kappa shape index (κ1) is 11.1. The second kappa shape index (κ2) is 4.33. The molecule has 1 unspecified atom stereocenters. The van der Waals surface area contributed by atoms with Gasteiger partial charge >= 0.3 is 5.97 Å². The van der Waals surface area contributed by atoms with Crippen LogP contribution in [0.5, 0.6) is 0 Å². The molecule has 0 saturated carbocycles. The standard InChI is InChI=1S/C15H15NO2/c17-15(18)12-7-6-11-8-13(16-14(11)9-12)10-4-2-1-3-5-10/h1-2,6-10,16H,3-5H2,(H,17,18). The highest BCUT2D eigenvalue weighted by Crippen LogP contribution is 2.30. The molecule has 1 aliphatic rings. The average Bonchev–Trinajstić information content (AvgIpc) is 2.82. The molecule has 3 heteroatoms. The molecular formula is C15H15NO2. The van der Waals surface area contributed by atoms with Gasteiger partial charge in [-0.1, -0.05) is 18.2 Å². The Hall–Kier alpha value is -2.03. The van der Waals surface area contributed by atoms with Gasteiger partial charge in [-0.3, -0.25) is 0 Å². The number of aromatic amines is 1. The molecular weight excluding hydrogens is 226 g/mol. The van der Waals surface area contributed by atoms with Crippen LogP contribution in [-0.4, -0.2) is 16.1 Å². The molecule has 3 rings (SSSR count). The maximum atomic E-state index is 10.9. The number of aromatic carboxylic acids is 1. The second-order valence-electron chi connectivity index (χ2n) is 4.81. The topological polar surface area (TPSA) is 53.1 Å². The second-order valence-corrected chi connectivity index (χ2v) is 4.81. The SMILES string of the molecule is O=C(O)c1ccc2cc(C3CC=CCC3)[nH]c2c1. The van der Waals surface area contributed by atoms with Gasteiger partial charge in [0.25, 0.3) is 0 Å². The summed E-state index contributed by atoms with van der Waals surface area (Å²) < 4.78 is 0. The van der Waals surface area contributed by atoms with E-state index in [1.807, 2.05) is 6.07 Å². The van der Waals surface area contributed by atoms with Gasteiger partial charge < -0.3 is 10.1 Å². The predicted molar refractivity (Wildman–Crippen MR) is 71.0 cm³/mol. The lowest BCUT2D eigenvalue weighted by atomic mass is 9.91. The third-order valence-corrected chi connectivity index (χ3v) is 3.60. The summed E-state index contributed by atoms with van der Waals surface area (Å²) in [5.41, 5.74) is 2.47. The number of aromatic nitrogens is 1. The average molecular weight is 241 g/mol. The minimum Gasteiger partial charge on any atom is -0.478 e. The molecule has 1 aromatic heterocycles. The Balaban J connectivity index is 2.00. The fraction of sp³-hybridized carbons (Fsp3) is 0.267. The normalized spacial score (nSPS) is 19.2. The number of carbonyl (C=O) groups is 1. The highest BCUT2D eigenvalue weighted by molar-refractivity contribution is 5.93. The monoisotopic (exact) mass is 241 g/mol. The highest BCUT2D eigenvalue weighted by atomic mass is 16.4. The number of H-pyrrole nitrogens is 1. The van der Waals surface area contributed by atoms with Crippen molar-refractivity contribution in [3.05, 3.63) is 47.7 Å². The van der Waals surface area contributed by atoms with Gasteiger partial charge in [0.1, 0.15) is 0 Å². The van der Waals surface area contributed by atoms with E-state index in [1.54, 1.807) is 12.1 Å².